The molecular formula is C7H4BF3NO2. The van der Waals surface area contributed by atoms with Crippen molar-refractivity contribution in [3.63, 3.8) is 0 Å². The maximum Gasteiger partial charge on any atom is 0.352 e. The summed E-state index contributed by atoms with van der Waals surface area (Å²) < 4.78 is 42.1. The number of ether oxygens (including phenoxy) is 1. The third kappa shape index (κ3) is 2.26. The highest BCUT2D eigenvalue weighted by molar-refractivity contribution is 6.69. The van der Waals surface area contributed by atoms with E-state index in [1.54, 1.807) is 0 Å². The highest BCUT2D eigenvalue weighted by Gasteiger charge is 2.15. The minimum atomic E-state index is -1.31. The number of rotatable bonds is 2. The van der Waals surface area contributed by atoms with Crippen molar-refractivity contribution in [2.75, 3.05) is 0 Å². The molecule has 0 saturated heterocycles. The average Bonchev–Trinajstić information content (AvgIpc) is 2.10. The average molecular weight is 202 g/mol. The monoisotopic (exact) mass is 202 g/mol. The topological polar surface area (TPSA) is 52.3 Å². The van der Waals surface area contributed by atoms with Crippen molar-refractivity contribution in [1.29, 1.82) is 0 Å². The number of halogens is 3. The van der Waals surface area contributed by atoms with E-state index in [0.717, 1.165) is 0 Å². The van der Waals surface area contributed by atoms with Crippen LogP contribution in [0.2, 0.25) is 0 Å². The Labute approximate surface area is 77.9 Å². The molecule has 0 fully saturated rings. The predicted molar refractivity (Wildman–Crippen MR) is 42.3 cm³/mol. The number of carbonyl (C=O) groups is 1. The molecule has 2 N–H and O–H groups in total. The first kappa shape index (κ1) is 10.6. The van der Waals surface area contributed by atoms with Gasteiger partial charge in [-0.15, -0.1) is 0 Å². The number of carbonyl (C=O) groups excluding carboxylic acids is 1. The van der Waals surface area contributed by atoms with Crippen LogP contribution in [0, 0.1) is 17.5 Å². The van der Waals surface area contributed by atoms with Gasteiger partial charge in [-0.1, -0.05) is 0 Å². The molecule has 73 valence electrons. The fourth-order valence-corrected chi connectivity index (χ4v) is 0.761. The lowest BCUT2D eigenvalue weighted by Gasteiger charge is -2.04. The Morgan fingerprint density at radius 1 is 1.29 bits per heavy atom. The Bertz CT molecular complexity index is 349. The maximum absolute atomic E-state index is 12.8. The number of hydrogen-bond donors (Lipinski definition) is 1. The van der Waals surface area contributed by atoms with Crippen LogP contribution in [0.1, 0.15) is 0 Å². The van der Waals surface area contributed by atoms with Gasteiger partial charge in [-0.05, 0) is 0 Å². The van der Waals surface area contributed by atoms with Crippen molar-refractivity contribution in [2.24, 2.45) is 5.64 Å². The lowest BCUT2D eigenvalue weighted by atomic mass is 9.99. The first-order chi connectivity index (χ1) is 6.54. The van der Waals surface area contributed by atoms with Crippen molar-refractivity contribution in [3.8, 4) is 5.75 Å². The van der Waals surface area contributed by atoms with Crippen LogP contribution in [0.3, 0.4) is 0 Å². The van der Waals surface area contributed by atoms with Crippen LogP contribution < -0.4 is 10.4 Å². The number of hydrogen-bond acceptors (Lipinski definition) is 3. The molecule has 0 atom stereocenters. The van der Waals surface area contributed by atoms with Crippen molar-refractivity contribution in [2.45, 2.75) is 0 Å². The SMILES string of the molecule is N[B]C(=O)Oc1c(F)cc(F)cc1F. The number of nitrogens with two attached hydrogens (primary N) is 1. The Hall–Kier alpha value is -1.50. The van der Waals surface area contributed by atoms with Gasteiger partial charge in [0, 0.05) is 12.1 Å². The van der Waals surface area contributed by atoms with Gasteiger partial charge in [0.15, 0.2) is 11.6 Å². The summed E-state index contributed by atoms with van der Waals surface area (Å²) in [4.78, 5) is 10.5. The summed E-state index contributed by atoms with van der Waals surface area (Å²) in [6, 6.07) is 0.782. The van der Waals surface area contributed by atoms with E-state index in [1.807, 2.05) is 0 Å². The second-order valence-electron chi connectivity index (χ2n) is 2.29. The Balaban J connectivity index is 3.02. The van der Waals surface area contributed by atoms with E-state index in [0.29, 0.717) is 19.5 Å². The van der Waals surface area contributed by atoms with Crippen molar-refractivity contribution in [3.05, 3.63) is 29.6 Å². The van der Waals surface area contributed by atoms with E-state index >= 15 is 0 Å². The summed E-state index contributed by atoms with van der Waals surface area (Å²) in [5.41, 5.74) is 4.73. The molecule has 0 saturated carbocycles. The highest BCUT2D eigenvalue weighted by atomic mass is 19.1. The van der Waals surface area contributed by atoms with E-state index in [2.05, 4.69) is 4.74 Å². The van der Waals surface area contributed by atoms with Gasteiger partial charge < -0.3 is 10.4 Å². The van der Waals surface area contributed by atoms with Gasteiger partial charge in [0.2, 0.25) is 5.75 Å². The quantitative estimate of drug-likeness (QED) is 0.732. The van der Waals surface area contributed by atoms with Gasteiger partial charge >= 0.3 is 7.41 Å². The second kappa shape index (κ2) is 4.14. The van der Waals surface area contributed by atoms with Gasteiger partial charge in [-0.2, -0.15) is 0 Å². The molecule has 0 heterocycles. The molecule has 0 aromatic heterocycles. The highest BCUT2D eigenvalue weighted by Crippen LogP contribution is 2.22. The van der Waals surface area contributed by atoms with E-state index < -0.39 is 29.1 Å². The van der Waals surface area contributed by atoms with Crippen LogP contribution in [0.4, 0.5) is 18.0 Å². The molecule has 0 spiro atoms. The summed E-state index contributed by atoms with van der Waals surface area (Å²) in [5.74, 6) is -5.82. The molecule has 0 unspecified atom stereocenters. The summed E-state index contributed by atoms with van der Waals surface area (Å²) in [6.45, 7) is 0. The minimum absolute atomic E-state index is 0.391. The van der Waals surface area contributed by atoms with E-state index in [1.165, 1.54) is 0 Å². The fraction of sp³-hybridized carbons (Fsp3) is 0. The van der Waals surface area contributed by atoms with Crippen LogP contribution in [0.15, 0.2) is 12.1 Å². The third-order valence-corrected chi connectivity index (χ3v) is 1.30. The maximum atomic E-state index is 12.8. The van der Waals surface area contributed by atoms with Crippen LogP contribution in [0.25, 0.3) is 0 Å². The van der Waals surface area contributed by atoms with Gasteiger partial charge in [-0.3, -0.25) is 4.79 Å². The standard InChI is InChI=1S/C7H4BF3NO2/c9-3-1-4(10)6(5(11)2-3)14-7(13)8-12/h1-2H,12H2. The molecule has 0 bridgehead atoms. The lowest BCUT2D eigenvalue weighted by Crippen LogP contribution is -2.23. The summed E-state index contributed by atoms with van der Waals surface area (Å²) >= 11 is 0. The Morgan fingerprint density at radius 3 is 2.21 bits per heavy atom. The zero-order valence-corrected chi connectivity index (χ0v) is 6.76. The fourth-order valence-electron chi connectivity index (χ4n) is 0.761. The van der Waals surface area contributed by atoms with Crippen LogP contribution >= 0.6 is 0 Å². The van der Waals surface area contributed by atoms with Gasteiger partial charge in [0.1, 0.15) is 5.82 Å². The normalized spacial score (nSPS) is 9.71. The zero-order valence-electron chi connectivity index (χ0n) is 6.76. The largest absolute Gasteiger partial charge is 0.427 e. The van der Waals surface area contributed by atoms with Crippen LogP contribution in [-0.4, -0.2) is 13.3 Å². The molecule has 3 nitrogen and oxygen atoms in total. The van der Waals surface area contributed by atoms with Crippen LogP contribution in [-0.2, 0) is 0 Å². The van der Waals surface area contributed by atoms with E-state index in [4.69, 9.17) is 5.64 Å². The van der Waals surface area contributed by atoms with Crippen LogP contribution in [0.5, 0.6) is 5.75 Å². The minimum Gasteiger partial charge on any atom is -0.427 e. The molecule has 14 heavy (non-hydrogen) atoms. The van der Waals surface area contributed by atoms with E-state index in [-0.39, 0.29) is 0 Å². The van der Waals surface area contributed by atoms with Gasteiger partial charge in [0.05, 0.1) is 0 Å². The smallest absolute Gasteiger partial charge is 0.352 e. The summed E-state index contributed by atoms with van der Waals surface area (Å²) in [7, 11) is 0.488. The summed E-state index contributed by atoms with van der Waals surface area (Å²) in [5, 5.41) is 0. The van der Waals surface area contributed by atoms with Crippen molar-refractivity contribution < 1.29 is 22.7 Å². The predicted octanol–water partition coefficient (Wildman–Crippen LogP) is 1.18. The summed E-state index contributed by atoms with van der Waals surface area (Å²) in [6.07, 6.45) is 0. The molecular weight excluding hydrogens is 198 g/mol. The second-order valence-corrected chi connectivity index (χ2v) is 2.29. The van der Waals surface area contributed by atoms with Crippen molar-refractivity contribution in [1.82, 2.24) is 0 Å². The molecule has 0 amide bonds. The lowest BCUT2D eigenvalue weighted by molar-refractivity contribution is 0.220. The molecule has 1 aromatic carbocycles. The zero-order chi connectivity index (χ0) is 10.7. The third-order valence-electron chi connectivity index (χ3n) is 1.30. The Morgan fingerprint density at radius 2 is 1.79 bits per heavy atom. The van der Waals surface area contributed by atoms with E-state index in [9.17, 15) is 18.0 Å². The molecule has 0 aliphatic carbocycles. The first-order valence-corrected chi connectivity index (χ1v) is 3.46. The number of benzene rings is 1. The molecule has 1 radical (unpaired) electrons. The Kier molecular flexibility index (Phi) is 3.13. The van der Waals surface area contributed by atoms with Gasteiger partial charge in [-0.25, -0.2) is 13.2 Å². The van der Waals surface area contributed by atoms with Gasteiger partial charge in [0.25, 0.3) is 5.87 Å². The molecule has 1 rings (SSSR count). The molecule has 0 aliphatic rings. The molecule has 7 heteroatoms. The van der Waals surface area contributed by atoms with Crippen molar-refractivity contribution >= 4 is 13.3 Å². The first-order valence-electron chi connectivity index (χ1n) is 3.46. The molecule has 0 aliphatic heterocycles. The molecule has 1 aromatic rings.